The van der Waals surface area contributed by atoms with Gasteiger partial charge in [-0.1, -0.05) is 29.8 Å². The zero-order chi connectivity index (χ0) is 24.6. The van der Waals surface area contributed by atoms with Crippen molar-refractivity contribution in [2.75, 3.05) is 51.3 Å². The van der Waals surface area contributed by atoms with Crippen molar-refractivity contribution in [1.82, 2.24) is 15.2 Å². The number of β-amino-alcohol motifs (C(OH)–C–C–N with tert-alkyl or cyclic N) is 1. The number of methoxy groups -OCH3 is 1. The van der Waals surface area contributed by atoms with E-state index in [9.17, 15) is 9.90 Å². The summed E-state index contributed by atoms with van der Waals surface area (Å²) in [5.41, 5.74) is 2.53. The van der Waals surface area contributed by atoms with Gasteiger partial charge in [-0.3, -0.25) is 9.69 Å². The number of aryl methyl sites for hydroxylation is 1. The molecule has 3 aromatic rings. The third-order valence-electron chi connectivity index (χ3n) is 6.02. The summed E-state index contributed by atoms with van der Waals surface area (Å²) in [5.74, 6) is 1.37. The van der Waals surface area contributed by atoms with E-state index in [0.717, 1.165) is 43.2 Å². The summed E-state index contributed by atoms with van der Waals surface area (Å²) in [6.07, 6.45) is 0.898. The Hall–Kier alpha value is -3.62. The number of nitrogens with one attached hydrogen (secondary N) is 1. The van der Waals surface area contributed by atoms with Crippen molar-refractivity contribution in [3.8, 4) is 17.4 Å². The molecule has 1 aliphatic rings. The van der Waals surface area contributed by atoms with E-state index in [1.54, 1.807) is 25.4 Å². The fraction of sp³-hybridized carbons (Fsp3) is 0.333. The summed E-state index contributed by atoms with van der Waals surface area (Å²) in [7, 11) is 1.68. The van der Waals surface area contributed by atoms with Crippen molar-refractivity contribution in [3.05, 3.63) is 78.0 Å². The first-order chi connectivity index (χ1) is 17.0. The maximum atomic E-state index is 12.8. The van der Waals surface area contributed by atoms with Crippen LogP contribution in [0.25, 0.3) is 0 Å². The van der Waals surface area contributed by atoms with Crippen LogP contribution in [0, 0.1) is 6.92 Å². The fourth-order valence-corrected chi connectivity index (χ4v) is 4.09. The molecule has 0 spiro atoms. The van der Waals surface area contributed by atoms with Crippen LogP contribution in [0.1, 0.15) is 15.9 Å². The molecule has 35 heavy (non-hydrogen) atoms. The first-order valence-electron chi connectivity index (χ1n) is 11.8. The van der Waals surface area contributed by atoms with Crippen molar-refractivity contribution >= 4 is 11.6 Å². The zero-order valence-electron chi connectivity index (χ0n) is 20.2. The molecule has 2 aromatic carbocycles. The number of anilines is 1. The number of amides is 1. The average molecular weight is 477 g/mol. The van der Waals surface area contributed by atoms with Crippen LogP contribution in [-0.2, 0) is 0 Å². The molecular weight excluding hydrogens is 444 g/mol. The number of hydrogen-bond acceptors (Lipinski definition) is 7. The molecule has 1 amide bonds. The lowest BCUT2D eigenvalue weighted by atomic mass is 10.2. The summed E-state index contributed by atoms with van der Waals surface area (Å²) >= 11 is 0. The average Bonchev–Trinajstić information content (AvgIpc) is 2.89. The van der Waals surface area contributed by atoms with E-state index in [1.807, 2.05) is 49.4 Å². The molecule has 0 aliphatic carbocycles. The molecule has 8 heteroatoms. The minimum absolute atomic E-state index is 0.143. The molecule has 0 saturated carbocycles. The van der Waals surface area contributed by atoms with Crippen molar-refractivity contribution in [1.29, 1.82) is 0 Å². The number of rotatable bonds is 9. The Morgan fingerprint density at radius 2 is 1.80 bits per heavy atom. The Bertz CT molecular complexity index is 1110. The Balaban J connectivity index is 1.26. The number of piperazine rings is 1. The molecule has 1 unspecified atom stereocenters. The van der Waals surface area contributed by atoms with Crippen molar-refractivity contribution in [2.24, 2.45) is 0 Å². The zero-order valence-corrected chi connectivity index (χ0v) is 20.2. The summed E-state index contributed by atoms with van der Waals surface area (Å²) < 4.78 is 11.3. The highest BCUT2D eigenvalue weighted by atomic mass is 16.5. The molecule has 0 radical (unpaired) electrons. The number of nitrogens with zero attached hydrogens (tertiary/aromatic N) is 3. The van der Waals surface area contributed by atoms with E-state index in [-0.39, 0.29) is 18.3 Å². The highest BCUT2D eigenvalue weighted by molar-refractivity contribution is 5.96. The summed E-state index contributed by atoms with van der Waals surface area (Å²) in [5, 5.41) is 13.4. The van der Waals surface area contributed by atoms with Gasteiger partial charge in [-0.05, 0) is 43.3 Å². The molecule has 2 heterocycles. The quantitative estimate of drug-likeness (QED) is 0.491. The second kappa shape index (κ2) is 11.7. The molecule has 184 valence electrons. The normalized spacial score (nSPS) is 14.9. The topological polar surface area (TPSA) is 87.2 Å². The highest BCUT2D eigenvalue weighted by Crippen LogP contribution is 2.28. The number of para-hydroxylation sites is 2. The smallest absolute Gasteiger partial charge is 0.256 e. The monoisotopic (exact) mass is 476 g/mol. The second-order valence-electron chi connectivity index (χ2n) is 8.59. The van der Waals surface area contributed by atoms with Crippen LogP contribution < -0.4 is 19.7 Å². The number of pyridine rings is 1. The molecule has 1 atom stereocenters. The number of ether oxygens (including phenoxy) is 2. The Morgan fingerprint density at radius 1 is 1.06 bits per heavy atom. The Morgan fingerprint density at radius 3 is 2.54 bits per heavy atom. The predicted octanol–water partition coefficient (Wildman–Crippen LogP) is 3.10. The molecule has 4 rings (SSSR count). The standard InChI is InChI=1S/C27H32N4O4/c1-20-9-11-22(12-10-20)35-27-23(6-5-13-28-27)26(33)29-18-21(32)19-30-14-16-31(17-15-30)24-7-3-4-8-25(24)34-2/h3-13,21,32H,14-19H2,1-2H3,(H,29,33). The number of carbonyl (C=O) groups is 1. The van der Waals surface area contributed by atoms with Gasteiger partial charge in [0.05, 0.1) is 18.9 Å². The number of carbonyl (C=O) groups excluding carboxylic acids is 1. The lowest BCUT2D eigenvalue weighted by molar-refractivity contribution is 0.0849. The first-order valence-corrected chi connectivity index (χ1v) is 11.8. The van der Waals surface area contributed by atoms with Gasteiger partial charge in [-0.2, -0.15) is 0 Å². The van der Waals surface area contributed by atoms with E-state index < -0.39 is 6.10 Å². The molecule has 2 N–H and O–H groups in total. The predicted molar refractivity (Wildman–Crippen MR) is 135 cm³/mol. The van der Waals surface area contributed by atoms with Crippen LogP contribution in [0.15, 0.2) is 66.9 Å². The minimum atomic E-state index is -0.685. The van der Waals surface area contributed by atoms with Gasteiger partial charge in [0.2, 0.25) is 5.88 Å². The molecule has 1 saturated heterocycles. The maximum absolute atomic E-state index is 12.8. The van der Waals surface area contributed by atoms with Gasteiger partial charge in [0.1, 0.15) is 17.1 Å². The molecule has 0 bridgehead atoms. The summed E-state index contributed by atoms with van der Waals surface area (Å²) in [6.45, 7) is 5.95. The molecule has 1 aliphatic heterocycles. The van der Waals surface area contributed by atoms with Crippen LogP contribution in [0.4, 0.5) is 5.69 Å². The Kier molecular flexibility index (Phi) is 8.18. The van der Waals surface area contributed by atoms with Crippen molar-refractivity contribution in [2.45, 2.75) is 13.0 Å². The lowest BCUT2D eigenvalue weighted by Crippen LogP contribution is -2.50. The van der Waals surface area contributed by atoms with Crippen LogP contribution in [0.5, 0.6) is 17.4 Å². The van der Waals surface area contributed by atoms with E-state index in [1.165, 1.54) is 0 Å². The molecule has 8 nitrogen and oxygen atoms in total. The van der Waals surface area contributed by atoms with Gasteiger partial charge in [-0.25, -0.2) is 4.98 Å². The van der Waals surface area contributed by atoms with Crippen molar-refractivity contribution in [3.63, 3.8) is 0 Å². The number of aliphatic hydroxyl groups excluding tert-OH is 1. The van der Waals surface area contributed by atoms with Crippen LogP contribution >= 0.6 is 0 Å². The van der Waals surface area contributed by atoms with Gasteiger partial charge in [0.15, 0.2) is 0 Å². The number of aliphatic hydroxyl groups is 1. The highest BCUT2D eigenvalue weighted by Gasteiger charge is 2.22. The lowest BCUT2D eigenvalue weighted by Gasteiger charge is -2.37. The SMILES string of the molecule is COc1ccccc1N1CCN(CC(O)CNC(=O)c2cccnc2Oc2ccc(C)cc2)CC1. The Labute approximate surface area is 206 Å². The van der Waals surface area contributed by atoms with E-state index in [0.29, 0.717) is 17.9 Å². The molecular formula is C27H32N4O4. The summed E-state index contributed by atoms with van der Waals surface area (Å²) in [4.78, 5) is 21.5. The molecule has 1 fully saturated rings. The number of aromatic nitrogens is 1. The minimum Gasteiger partial charge on any atom is -0.495 e. The van der Waals surface area contributed by atoms with Gasteiger partial charge < -0.3 is 24.8 Å². The first kappa shape index (κ1) is 24.5. The van der Waals surface area contributed by atoms with E-state index in [4.69, 9.17) is 9.47 Å². The van der Waals surface area contributed by atoms with Gasteiger partial charge >= 0.3 is 0 Å². The maximum Gasteiger partial charge on any atom is 0.256 e. The van der Waals surface area contributed by atoms with Crippen LogP contribution in [0.3, 0.4) is 0 Å². The number of benzene rings is 2. The van der Waals surface area contributed by atoms with Gasteiger partial charge in [0.25, 0.3) is 5.91 Å². The van der Waals surface area contributed by atoms with Crippen LogP contribution in [0.2, 0.25) is 0 Å². The fourth-order valence-electron chi connectivity index (χ4n) is 4.09. The van der Waals surface area contributed by atoms with E-state index in [2.05, 4.69) is 26.2 Å². The number of hydrogen-bond donors (Lipinski definition) is 2. The second-order valence-corrected chi connectivity index (χ2v) is 8.59. The van der Waals surface area contributed by atoms with Gasteiger partial charge in [-0.15, -0.1) is 0 Å². The third kappa shape index (κ3) is 6.49. The third-order valence-corrected chi connectivity index (χ3v) is 6.02. The van der Waals surface area contributed by atoms with Crippen molar-refractivity contribution < 1.29 is 19.4 Å². The van der Waals surface area contributed by atoms with E-state index >= 15 is 0 Å². The van der Waals surface area contributed by atoms with Crippen LogP contribution in [-0.4, -0.2) is 73.4 Å². The largest absolute Gasteiger partial charge is 0.495 e. The molecule has 1 aromatic heterocycles. The summed E-state index contributed by atoms with van der Waals surface area (Å²) in [6, 6.07) is 18.9. The van der Waals surface area contributed by atoms with Gasteiger partial charge in [0, 0.05) is 45.5 Å².